The van der Waals surface area contributed by atoms with Crippen LogP contribution >= 0.6 is 0 Å². The normalized spacial score (nSPS) is 13.9. The molecule has 0 aliphatic carbocycles. The summed E-state index contributed by atoms with van der Waals surface area (Å²) in [7, 11) is 1.38. The van der Waals surface area contributed by atoms with Crippen molar-refractivity contribution in [3.8, 4) is 5.69 Å². The molecule has 0 aliphatic heterocycles. The Labute approximate surface area is 191 Å². The van der Waals surface area contributed by atoms with E-state index < -0.39 is 29.9 Å². The number of carbonyl (C=O) groups excluding carboxylic acids is 1. The maximum Gasteiger partial charge on any atom is 0.424 e. The Hall–Kier alpha value is -3.07. The minimum atomic E-state index is -4.95. The molecule has 0 bridgehead atoms. The zero-order valence-corrected chi connectivity index (χ0v) is 19.4. The van der Waals surface area contributed by atoms with E-state index in [1.807, 2.05) is 29.7 Å². The zero-order chi connectivity index (χ0) is 24.6. The lowest BCUT2D eigenvalue weighted by Gasteiger charge is -2.30. The second-order valence-electron chi connectivity index (χ2n) is 8.60. The molecule has 178 valence electrons. The van der Waals surface area contributed by atoms with Crippen molar-refractivity contribution in [1.29, 1.82) is 0 Å². The molecule has 1 unspecified atom stereocenters. The van der Waals surface area contributed by atoms with Crippen LogP contribution in [0.1, 0.15) is 59.3 Å². The Morgan fingerprint density at radius 3 is 2.48 bits per heavy atom. The maximum atomic E-state index is 13.7. The van der Waals surface area contributed by atoms with Crippen LogP contribution in [0.15, 0.2) is 42.7 Å². The monoisotopic (exact) mass is 462 g/mol. The van der Waals surface area contributed by atoms with Gasteiger partial charge in [-0.1, -0.05) is 26.0 Å². The van der Waals surface area contributed by atoms with Crippen molar-refractivity contribution in [2.45, 2.75) is 51.8 Å². The molecule has 1 amide bonds. The van der Waals surface area contributed by atoms with E-state index in [-0.39, 0.29) is 6.54 Å². The predicted octanol–water partition coefficient (Wildman–Crippen LogP) is 4.52. The Balaban J connectivity index is 1.80. The molecule has 0 spiro atoms. The van der Waals surface area contributed by atoms with Crippen molar-refractivity contribution < 1.29 is 23.1 Å². The fraction of sp³-hybridized carbons (Fsp3) is 0.417. The fourth-order valence-electron chi connectivity index (χ4n) is 4.01. The molecule has 0 saturated heterocycles. The zero-order valence-electron chi connectivity index (χ0n) is 19.4. The number of aliphatic hydroxyl groups is 1. The Morgan fingerprint density at radius 1 is 1.21 bits per heavy atom. The van der Waals surface area contributed by atoms with Gasteiger partial charge in [0, 0.05) is 49.5 Å². The molecule has 3 rings (SSSR count). The number of hydrogen-bond donors (Lipinski definition) is 2. The van der Waals surface area contributed by atoms with E-state index in [0.717, 1.165) is 21.5 Å². The van der Waals surface area contributed by atoms with Gasteiger partial charge in [0.15, 0.2) is 0 Å². The molecule has 0 aliphatic rings. The maximum absolute atomic E-state index is 13.7. The second kappa shape index (κ2) is 9.05. The van der Waals surface area contributed by atoms with E-state index in [1.165, 1.54) is 19.4 Å². The van der Waals surface area contributed by atoms with Gasteiger partial charge in [0.1, 0.15) is 5.82 Å². The third-order valence-electron chi connectivity index (χ3n) is 5.90. The number of nitrogens with zero attached hydrogens (tertiary/aromatic N) is 3. The summed E-state index contributed by atoms with van der Waals surface area (Å²) in [6.45, 7) is 7.48. The first-order valence-corrected chi connectivity index (χ1v) is 10.7. The molecule has 2 heterocycles. The molecular formula is C24H29F3N4O2. The van der Waals surface area contributed by atoms with Crippen LogP contribution in [0, 0.1) is 13.8 Å². The molecule has 0 fully saturated rings. The second-order valence-corrected chi connectivity index (χ2v) is 8.60. The molecule has 2 N–H and O–H groups in total. The van der Waals surface area contributed by atoms with Crippen LogP contribution in [0.25, 0.3) is 5.69 Å². The fourth-order valence-corrected chi connectivity index (χ4v) is 4.01. The van der Waals surface area contributed by atoms with E-state index in [1.54, 1.807) is 13.0 Å². The highest BCUT2D eigenvalue weighted by Gasteiger charge is 2.57. The molecule has 6 nitrogen and oxygen atoms in total. The molecule has 9 heteroatoms. The number of alkyl halides is 3. The van der Waals surface area contributed by atoms with Gasteiger partial charge >= 0.3 is 6.18 Å². The number of rotatable bonds is 7. The molecule has 0 radical (unpaired) electrons. The summed E-state index contributed by atoms with van der Waals surface area (Å²) < 4.78 is 44.1. The number of aryl methyl sites for hydroxylation is 2. The van der Waals surface area contributed by atoms with Gasteiger partial charge in [-0.25, -0.2) is 4.98 Å². The van der Waals surface area contributed by atoms with Crippen LogP contribution < -0.4 is 5.32 Å². The molecule has 0 saturated carbocycles. The Bertz CT molecular complexity index is 1150. The first-order valence-electron chi connectivity index (χ1n) is 10.7. The molecule has 33 heavy (non-hydrogen) atoms. The lowest BCUT2D eigenvalue weighted by molar-refractivity contribution is -0.272. The molecule has 1 aromatic carbocycles. The van der Waals surface area contributed by atoms with Gasteiger partial charge in [-0.2, -0.15) is 13.2 Å². The highest BCUT2D eigenvalue weighted by atomic mass is 19.4. The number of imidazole rings is 1. The smallest absolute Gasteiger partial charge is 0.374 e. The lowest BCUT2D eigenvalue weighted by atomic mass is 9.97. The van der Waals surface area contributed by atoms with Crippen LogP contribution in [0.5, 0.6) is 0 Å². The van der Waals surface area contributed by atoms with Gasteiger partial charge in [-0.05, 0) is 43.5 Å². The van der Waals surface area contributed by atoms with Crippen molar-refractivity contribution in [3.05, 3.63) is 71.1 Å². The number of carbonyl (C=O) groups is 1. The van der Waals surface area contributed by atoms with E-state index in [2.05, 4.69) is 30.2 Å². The van der Waals surface area contributed by atoms with E-state index in [4.69, 9.17) is 0 Å². The van der Waals surface area contributed by atoms with Crippen LogP contribution in [-0.4, -0.2) is 37.9 Å². The van der Waals surface area contributed by atoms with Crippen LogP contribution in [-0.2, 0) is 12.6 Å². The van der Waals surface area contributed by atoms with E-state index >= 15 is 0 Å². The number of nitrogens with one attached hydrogen (secondary N) is 1. The Morgan fingerprint density at radius 2 is 1.91 bits per heavy atom. The molecule has 2 aromatic heterocycles. The first kappa shape index (κ1) is 24.6. The average Bonchev–Trinajstić information content (AvgIpc) is 3.29. The predicted molar refractivity (Wildman–Crippen MR) is 119 cm³/mol. The van der Waals surface area contributed by atoms with Crippen LogP contribution in [0.4, 0.5) is 13.2 Å². The standard InChI is InChI=1S/C24H29F3N4O2/c1-15(2)18-7-6-8-19(14-18)31-16(3)13-20(17(31)4)21(32)28-10-9-23(33,24(25,26)27)22-29-11-12-30(22)5/h6-8,11-15,33H,9-10H2,1-5H3,(H,28,32). The van der Waals surface area contributed by atoms with E-state index in [0.29, 0.717) is 17.2 Å². The number of hydrogen-bond acceptors (Lipinski definition) is 3. The lowest BCUT2D eigenvalue weighted by Crippen LogP contribution is -2.46. The summed E-state index contributed by atoms with van der Waals surface area (Å²) in [5.74, 6) is -0.679. The quantitative estimate of drug-likeness (QED) is 0.542. The molecule has 3 aromatic rings. The highest BCUT2D eigenvalue weighted by molar-refractivity contribution is 5.95. The van der Waals surface area contributed by atoms with Gasteiger partial charge in [-0.3, -0.25) is 4.79 Å². The largest absolute Gasteiger partial charge is 0.424 e. The number of amides is 1. The van der Waals surface area contributed by atoms with Gasteiger partial charge in [-0.15, -0.1) is 0 Å². The summed E-state index contributed by atoms with van der Waals surface area (Å²) >= 11 is 0. The summed E-state index contributed by atoms with van der Waals surface area (Å²) in [5, 5.41) is 13.0. The first-order chi connectivity index (χ1) is 15.4. The minimum Gasteiger partial charge on any atom is -0.374 e. The number of halogens is 3. The van der Waals surface area contributed by atoms with E-state index in [9.17, 15) is 23.1 Å². The van der Waals surface area contributed by atoms with Gasteiger partial charge in [0.05, 0.1) is 5.56 Å². The summed E-state index contributed by atoms with van der Waals surface area (Å²) in [6, 6.07) is 9.71. The van der Waals surface area contributed by atoms with Gasteiger partial charge in [0.25, 0.3) is 5.91 Å². The number of benzene rings is 1. The topological polar surface area (TPSA) is 72.1 Å². The van der Waals surface area contributed by atoms with Crippen molar-refractivity contribution >= 4 is 5.91 Å². The summed E-state index contributed by atoms with van der Waals surface area (Å²) in [5.41, 5.74) is 0.782. The van der Waals surface area contributed by atoms with Gasteiger partial charge in [0.2, 0.25) is 5.60 Å². The highest BCUT2D eigenvalue weighted by Crippen LogP contribution is 2.40. The SMILES string of the molecule is Cc1cc(C(=O)NCCC(O)(c2nccn2C)C(F)(F)F)c(C)n1-c1cccc(C(C)C)c1. The van der Waals surface area contributed by atoms with Gasteiger partial charge < -0.3 is 19.6 Å². The molecule has 1 atom stereocenters. The average molecular weight is 463 g/mol. The summed E-state index contributed by atoms with van der Waals surface area (Å²) in [6.07, 6.45) is -3.20. The third kappa shape index (κ3) is 4.68. The minimum absolute atomic E-state index is 0.343. The number of aromatic nitrogens is 3. The Kier molecular flexibility index (Phi) is 6.74. The van der Waals surface area contributed by atoms with Crippen molar-refractivity contribution in [3.63, 3.8) is 0 Å². The van der Waals surface area contributed by atoms with Crippen LogP contribution in [0.2, 0.25) is 0 Å². The molecular weight excluding hydrogens is 433 g/mol. The summed E-state index contributed by atoms with van der Waals surface area (Å²) in [4.78, 5) is 16.5. The van der Waals surface area contributed by atoms with Crippen molar-refractivity contribution in [2.75, 3.05) is 6.54 Å². The van der Waals surface area contributed by atoms with Crippen LogP contribution in [0.3, 0.4) is 0 Å². The third-order valence-corrected chi connectivity index (χ3v) is 5.90. The van der Waals surface area contributed by atoms with Crippen molar-refractivity contribution in [2.24, 2.45) is 7.05 Å². The van der Waals surface area contributed by atoms with Crippen molar-refractivity contribution in [1.82, 2.24) is 19.4 Å².